The lowest BCUT2D eigenvalue weighted by Crippen LogP contribution is -2.11. The Kier molecular flexibility index (Phi) is 3.74. The topological polar surface area (TPSA) is 83.8 Å². The lowest BCUT2D eigenvalue weighted by atomic mass is 10.0. The molecule has 2 aromatic carbocycles. The molecule has 0 spiro atoms. The smallest absolute Gasteiger partial charge is 0.269 e. The summed E-state index contributed by atoms with van der Waals surface area (Å²) in [5, 5.41) is 14.2. The first-order chi connectivity index (χ1) is 10.7. The SMILES string of the molecule is CCC(Nc1nc2ccccc2[nH]1)c1cccc([N+](=O)[O-])c1. The molecule has 0 saturated carbocycles. The van der Waals surface area contributed by atoms with Crippen molar-refractivity contribution in [2.45, 2.75) is 19.4 Å². The second-order valence-electron chi connectivity index (χ2n) is 5.06. The number of H-pyrrole nitrogens is 1. The zero-order valence-corrected chi connectivity index (χ0v) is 12.1. The molecular formula is C16H16N4O2. The van der Waals surface area contributed by atoms with E-state index < -0.39 is 0 Å². The average Bonchev–Trinajstić information content (AvgIpc) is 2.95. The van der Waals surface area contributed by atoms with Gasteiger partial charge in [-0.3, -0.25) is 10.1 Å². The molecule has 0 radical (unpaired) electrons. The minimum atomic E-state index is -0.378. The summed E-state index contributed by atoms with van der Waals surface area (Å²) in [4.78, 5) is 18.2. The van der Waals surface area contributed by atoms with Crippen LogP contribution in [0.15, 0.2) is 48.5 Å². The van der Waals surface area contributed by atoms with Crippen LogP contribution in [0.3, 0.4) is 0 Å². The van der Waals surface area contributed by atoms with Crippen LogP contribution in [0, 0.1) is 10.1 Å². The van der Waals surface area contributed by atoms with Crippen molar-refractivity contribution in [3.63, 3.8) is 0 Å². The van der Waals surface area contributed by atoms with E-state index in [9.17, 15) is 10.1 Å². The summed E-state index contributed by atoms with van der Waals surface area (Å²) in [6.07, 6.45) is 0.790. The Labute approximate surface area is 127 Å². The number of para-hydroxylation sites is 2. The maximum absolute atomic E-state index is 10.9. The zero-order valence-electron chi connectivity index (χ0n) is 12.1. The van der Waals surface area contributed by atoms with Crippen LogP contribution in [0.2, 0.25) is 0 Å². The number of nitrogens with one attached hydrogen (secondary N) is 2. The Balaban J connectivity index is 1.88. The second-order valence-corrected chi connectivity index (χ2v) is 5.06. The van der Waals surface area contributed by atoms with Gasteiger partial charge < -0.3 is 10.3 Å². The second kappa shape index (κ2) is 5.85. The van der Waals surface area contributed by atoms with E-state index >= 15 is 0 Å². The Morgan fingerprint density at radius 2 is 2.09 bits per heavy atom. The molecule has 1 aromatic heterocycles. The third kappa shape index (κ3) is 2.76. The summed E-state index contributed by atoms with van der Waals surface area (Å²) in [6, 6.07) is 14.4. The Bertz CT molecular complexity index is 780. The van der Waals surface area contributed by atoms with Crippen LogP contribution in [0.5, 0.6) is 0 Å². The molecule has 6 nitrogen and oxygen atoms in total. The van der Waals surface area contributed by atoms with E-state index in [0.717, 1.165) is 23.0 Å². The Morgan fingerprint density at radius 1 is 1.27 bits per heavy atom. The van der Waals surface area contributed by atoms with Gasteiger partial charge in [0.05, 0.1) is 22.0 Å². The van der Waals surface area contributed by atoms with Gasteiger partial charge in [-0.25, -0.2) is 4.98 Å². The van der Waals surface area contributed by atoms with Gasteiger partial charge in [0, 0.05) is 12.1 Å². The molecule has 1 heterocycles. The molecule has 0 fully saturated rings. The highest BCUT2D eigenvalue weighted by Gasteiger charge is 2.14. The third-order valence-electron chi connectivity index (χ3n) is 3.59. The highest BCUT2D eigenvalue weighted by Crippen LogP contribution is 2.25. The molecule has 1 unspecified atom stereocenters. The van der Waals surface area contributed by atoms with E-state index in [1.807, 2.05) is 37.3 Å². The number of fused-ring (bicyclic) bond motifs is 1. The first kappa shape index (κ1) is 14.1. The highest BCUT2D eigenvalue weighted by molar-refractivity contribution is 5.77. The van der Waals surface area contributed by atoms with Gasteiger partial charge in [0.25, 0.3) is 5.69 Å². The predicted octanol–water partition coefficient (Wildman–Crippen LogP) is 4.03. The summed E-state index contributed by atoms with van der Waals surface area (Å²) < 4.78 is 0. The van der Waals surface area contributed by atoms with Gasteiger partial charge >= 0.3 is 0 Å². The number of non-ortho nitro benzene ring substituents is 1. The van der Waals surface area contributed by atoms with Gasteiger partial charge in [0.15, 0.2) is 0 Å². The fourth-order valence-electron chi connectivity index (χ4n) is 2.46. The van der Waals surface area contributed by atoms with Crippen LogP contribution in [-0.4, -0.2) is 14.9 Å². The van der Waals surface area contributed by atoms with Crippen molar-refractivity contribution in [3.05, 3.63) is 64.2 Å². The normalized spacial score (nSPS) is 12.2. The zero-order chi connectivity index (χ0) is 15.5. The molecule has 3 rings (SSSR count). The number of nitrogens with zero attached hydrogens (tertiary/aromatic N) is 2. The maximum Gasteiger partial charge on any atom is 0.269 e. The molecular weight excluding hydrogens is 280 g/mol. The number of hydrogen-bond acceptors (Lipinski definition) is 4. The average molecular weight is 296 g/mol. The number of nitro groups is 1. The molecule has 6 heteroatoms. The van der Waals surface area contributed by atoms with Gasteiger partial charge in [-0.1, -0.05) is 31.2 Å². The summed E-state index contributed by atoms with van der Waals surface area (Å²) >= 11 is 0. The standard InChI is InChI=1S/C16H16N4O2/c1-2-13(11-6-5-7-12(10-11)20(21)22)17-16-18-14-8-3-4-9-15(14)19-16/h3-10,13H,2H2,1H3,(H2,17,18,19). The lowest BCUT2D eigenvalue weighted by Gasteiger charge is -2.16. The van der Waals surface area contributed by atoms with E-state index in [4.69, 9.17) is 0 Å². The quantitative estimate of drug-likeness (QED) is 0.550. The number of aromatic nitrogens is 2. The molecule has 2 N–H and O–H groups in total. The van der Waals surface area contributed by atoms with Crippen LogP contribution in [0.25, 0.3) is 11.0 Å². The molecule has 0 aliphatic heterocycles. The predicted molar refractivity (Wildman–Crippen MR) is 85.8 cm³/mol. The number of hydrogen-bond donors (Lipinski definition) is 2. The van der Waals surface area contributed by atoms with Crippen molar-refractivity contribution in [1.29, 1.82) is 0 Å². The number of rotatable bonds is 5. The van der Waals surface area contributed by atoms with Gasteiger partial charge in [0.1, 0.15) is 0 Å². The fourth-order valence-corrected chi connectivity index (χ4v) is 2.46. The molecule has 0 bridgehead atoms. The van der Waals surface area contributed by atoms with Crippen molar-refractivity contribution < 1.29 is 4.92 Å². The van der Waals surface area contributed by atoms with E-state index in [0.29, 0.717) is 5.95 Å². The molecule has 0 amide bonds. The first-order valence-electron chi connectivity index (χ1n) is 7.13. The Morgan fingerprint density at radius 3 is 2.82 bits per heavy atom. The van der Waals surface area contributed by atoms with Crippen LogP contribution in [0.1, 0.15) is 24.9 Å². The highest BCUT2D eigenvalue weighted by atomic mass is 16.6. The van der Waals surface area contributed by atoms with Crippen molar-refractivity contribution in [2.24, 2.45) is 0 Å². The van der Waals surface area contributed by atoms with Crippen molar-refractivity contribution in [3.8, 4) is 0 Å². The van der Waals surface area contributed by atoms with Gasteiger partial charge in [0.2, 0.25) is 5.95 Å². The third-order valence-corrected chi connectivity index (χ3v) is 3.59. The van der Waals surface area contributed by atoms with E-state index in [-0.39, 0.29) is 16.7 Å². The minimum Gasteiger partial charge on any atom is -0.349 e. The number of anilines is 1. The van der Waals surface area contributed by atoms with Crippen molar-refractivity contribution >= 4 is 22.7 Å². The molecule has 22 heavy (non-hydrogen) atoms. The van der Waals surface area contributed by atoms with Gasteiger partial charge in [-0.05, 0) is 24.1 Å². The van der Waals surface area contributed by atoms with Crippen LogP contribution < -0.4 is 5.32 Å². The first-order valence-corrected chi connectivity index (χ1v) is 7.13. The molecule has 112 valence electrons. The van der Waals surface area contributed by atoms with Gasteiger partial charge in [-0.15, -0.1) is 0 Å². The number of nitro benzene ring substituents is 1. The van der Waals surface area contributed by atoms with Crippen LogP contribution >= 0.6 is 0 Å². The van der Waals surface area contributed by atoms with E-state index in [2.05, 4.69) is 15.3 Å². The molecule has 0 aliphatic rings. The summed E-state index contributed by atoms with van der Waals surface area (Å²) in [7, 11) is 0. The maximum atomic E-state index is 10.9. The van der Waals surface area contributed by atoms with E-state index in [1.165, 1.54) is 6.07 Å². The van der Waals surface area contributed by atoms with Gasteiger partial charge in [-0.2, -0.15) is 0 Å². The van der Waals surface area contributed by atoms with E-state index in [1.54, 1.807) is 12.1 Å². The Hall–Kier alpha value is -2.89. The summed E-state index contributed by atoms with van der Waals surface area (Å²) in [6.45, 7) is 2.03. The minimum absolute atomic E-state index is 0.0412. The number of benzene rings is 2. The molecule has 3 aromatic rings. The van der Waals surface area contributed by atoms with Crippen molar-refractivity contribution in [1.82, 2.24) is 9.97 Å². The summed E-state index contributed by atoms with van der Waals surface area (Å²) in [5.41, 5.74) is 2.82. The number of imidazole rings is 1. The molecule has 1 atom stereocenters. The number of aromatic amines is 1. The van der Waals surface area contributed by atoms with Crippen molar-refractivity contribution in [2.75, 3.05) is 5.32 Å². The van der Waals surface area contributed by atoms with Crippen LogP contribution in [-0.2, 0) is 0 Å². The van der Waals surface area contributed by atoms with Crippen LogP contribution in [0.4, 0.5) is 11.6 Å². The molecule has 0 saturated heterocycles. The monoisotopic (exact) mass is 296 g/mol. The lowest BCUT2D eigenvalue weighted by molar-refractivity contribution is -0.384. The molecule has 0 aliphatic carbocycles. The fraction of sp³-hybridized carbons (Fsp3) is 0.188. The largest absolute Gasteiger partial charge is 0.349 e. The summed E-state index contributed by atoms with van der Waals surface area (Å²) in [5.74, 6) is 0.666.